The number of ether oxygens (including phenoxy) is 3. The summed E-state index contributed by atoms with van der Waals surface area (Å²) in [4.78, 5) is 40.4. The summed E-state index contributed by atoms with van der Waals surface area (Å²) >= 11 is 0. The molecule has 17 nitrogen and oxygen atoms in total. The van der Waals surface area contributed by atoms with Crippen molar-refractivity contribution in [3.63, 3.8) is 0 Å². The van der Waals surface area contributed by atoms with Gasteiger partial charge in [0.15, 0.2) is 11.5 Å². The molecule has 2 saturated carbocycles. The molecule has 0 radical (unpaired) electrons. The Bertz CT molecular complexity index is 3190. The Labute approximate surface area is 431 Å². The molecule has 2 saturated heterocycles. The highest BCUT2D eigenvalue weighted by atomic mass is 32.2. The number of benzene rings is 4. The number of H-pyrrole nitrogens is 1. The van der Waals surface area contributed by atoms with E-state index in [1.54, 1.807) is 24.4 Å². The van der Waals surface area contributed by atoms with Crippen LogP contribution in [0.4, 0.5) is 17.1 Å². The summed E-state index contributed by atoms with van der Waals surface area (Å²) in [7, 11) is -4.59. The zero-order valence-corrected chi connectivity index (χ0v) is 42.9. The summed E-state index contributed by atoms with van der Waals surface area (Å²) in [6, 6.07) is 28.1. The van der Waals surface area contributed by atoms with Crippen molar-refractivity contribution in [2.24, 2.45) is 11.3 Å². The van der Waals surface area contributed by atoms with E-state index in [0.29, 0.717) is 56.0 Å². The third-order valence-electron chi connectivity index (χ3n) is 16.0. The molecule has 1 unspecified atom stereocenters. The number of fused-ring (bicyclic) bond motifs is 2. The molecule has 1 spiro atoms. The molecule has 74 heavy (non-hydrogen) atoms. The van der Waals surface area contributed by atoms with E-state index in [1.807, 2.05) is 25.1 Å². The Morgan fingerprint density at radius 1 is 0.986 bits per heavy atom. The van der Waals surface area contributed by atoms with E-state index >= 15 is 0 Å². The quantitative estimate of drug-likeness (QED) is 0.0560. The van der Waals surface area contributed by atoms with E-state index < -0.39 is 37.0 Å². The Kier molecular flexibility index (Phi) is 13.3. The molecule has 6 aromatic rings. The third-order valence-corrected chi connectivity index (χ3v) is 17.4. The van der Waals surface area contributed by atoms with Gasteiger partial charge < -0.3 is 34.5 Å². The van der Waals surface area contributed by atoms with Gasteiger partial charge >= 0.3 is 0 Å². The first-order chi connectivity index (χ1) is 35.6. The molecule has 18 heteroatoms. The highest BCUT2D eigenvalue weighted by Crippen LogP contribution is 2.54. The Morgan fingerprint density at radius 3 is 2.58 bits per heavy atom. The van der Waals surface area contributed by atoms with Gasteiger partial charge in [-0.05, 0) is 111 Å². The van der Waals surface area contributed by atoms with Crippen molar-refractivity contribution in [3.8, 4) is 23.0 Å². The number of anilines is 2. The zero-order chi connectivity index (χ0) is 51.4. The number of hydrogen-bond acceptors (Lipinski definition) is 14. The third kappa shape index (κ3) is 10.1. The average Bonchev–Trinajstić information content (AvgIpc) is 3.85. The number of nitrogens with one attached hydrogen (secondary N) is 3. The number of rotatable bonds is 15. The highest BCUT2D eigenvalue weighted by Gasteiger charge is 2.55. The van der Waals surface area contributed by atoms with Gasteiger partial charge in [-0.15, -0.1) is 0 Å². The normalized spacial score (nSPS) is 22.0. The fraction of sp³-hybridized carbons (Fsp3) is 0.429. The lowest BCUT2D eigenvalue weighted by Crippen LogP contribution is -2.68. The van der Waals surface area contributed by atoms with Gasteiger partial charge in [-0.3, -0.25) is 24.7 Å². The first-order valence-electron chi connectivity index (χ1n) is 25.9. The van der Waals surface area contributed by atoms with Crippen LogP contribution >= 0.6 is 0 Å². The van der Waals surface area contributed by atoms with Crippen molar-refractivity contribution in [2.45, 2.75) is 94.3 Å². The summed E-state index contributed by atoms with van der Waals surface area (Å²) in [5.41, 5.74) is 4.53. The molecule has 2 aromatic heterocycles. The van der Waals surface area contributed by atoms with E-state index in [9.17, 15) is 28.4 Å². The predicted octanol–water partition coefficient (Wildman–Crippen LogP) is 9.16. The molecular weight excluding hydrogens is 961 g/mol. The predicted molar refractivity (Wildman–Crippen MR) is 282 cm³/mol. The second-order valence-corrected chi connectivity index (χ2v) is 23.4. The van der Waals surface area contributed by atoms with Gasteiger partial charge in [0.05, 0.1) is 27.2 Å². The molecular formula is C56H64N8O9S. The number of piperazine rings is 1. The fourth-order valence-electron chi connectivity index (χ4n) is 12.0. The van der Waals surface area contributed by atoms with Crippen LogP contribution in [0.3, 0.4) is 0 Å². The van der Waals surface area contributed by atoms with Gasteiger partial charge in [-0.25, -0.2) is 18.1 Å². The highest BCUT2D eigenvalue weighted by molar-refractivity contribution is 7.90. The van der Waals surface area contributed by atoms with Gasteiger partial charge in [0.2, 0.25) is 0 Å². The van der Waals surface area contributed by atoms with Crippen LogP contribution in [0.15, 0.2) is 108 Å². The molecule has 5 heterocycles. The van der Waals surface area contributed by atoms with Crippen LogP contribution in [0.1, 0.15) is 98.3 Å². The van der Waals surface area contributed by atoms with Gasteiger partial charge in [-0.2, -0.15) is 0 Å². The average molecular weight is 1030 g/mol. The lowest BCUT2D eigenvalue weighted by Gasteiger charge is -2.63. The van der Waals surface area contributed by atoms with E-state index in [4.69, 9.17) is 14.2 Å². The summed E-state index contributed by atoms with van der Waals surface area (Å²) in [5.74, 6) is 1.79. The molecule has 4 aromatic carbocycles. The van der Waals surface area contributed by atoms with E-state index in [0.717, 1.165) is 99.2 Å². The lowest BCUT2D eigenvalue weighted by atomic mass is 9.59. The van der Waals surface area contributed by atoms with Crippen molar-refractivity contribution < 1.29 is 37.5 Å². The minimum atomic E-state index is -4.59. The van der Waals surface area contributed by atoms with Crippen LogP contribution in [0.2, 0.25) is 0 Å². The van der Waals surface area contributed by atoms with Gasteiger partial charge in [-0.1, -0.05) is 50.2 Å². The number of aromatic amines is 1. The minimum absolute atomic E-state index is 0.0375. The number of nitro groups is 1. The zero-order valence-electron chi connectivity index (χ0n) is 42.1. The van der Waals surface area contributed by atoms with E-state index in [2.05, 4.69) is 85.0 Å². The lowest BCUT2D eigenvalue weighted by molar-refractivity contribution is -0.384. The summed E-state index contributed by atoms with van der Waals surface area (Å²) in [6.07, 6.45) is 8.20. The first kappa shape index (κ1) is 49.5. The van der Waals surface area contributed by atoms with Gasteiger partial charge in [0, 0.05) is 98.3 Å². The molecule has 1 amide bonds. The second kappa shape index (κ2) is 19.8. The molecule has 2 aliphatic carbocycles. The number of pyridine rings is 1. The smallest absolute Gasteiger partial charge is 0.293 e. The molecule has 11 rings (SSSR count). The monoisotopic (exact) mass is 1020 g/mol. The second-order valence-electron chi connectivity index (χ2n) is 21.7. The number of aliphatic hydroxyl groups is 1. The molecule has 4 N–H and O–H groups in total. The van der Waals surface area contributed by atoms with Crippen LogP contribution in [0.5, 0.6) is 23.0 Å². The standard InChI is InChI=1S/C56H64N8O9S/c1-36(2)44-8-4-5-9-45(44)49-33-61(32-39-7-6-10-50-52(39)72-24-23-71-50)21-22-63(49)41-28-56(29-41)34-62(35-56)40-11-13-46(51(26-40)73-42-25-38-17-20-57-53(38)59-31-42)54(65)60-74(69,70)43-12-14-47(48(27-43)64(67)68)58-30-37-15-18-55(3,66)19-16-37/h4-14,17,20,25-27,31,36-37,41,49,58,66H,15-16,18-19,21-24,28-30,32-35H2,1-3H3,(H,57,59)(H,60,65). The maximum atomic E-state index is 14.1. The van der Waals surface area contributed by atoms with E-state index in [-0.39, 0.29) is 34.4 Å². The van der Waals surface area contributed by atoms with Crippen LogP contribution in [-0.4, -0.2) is 108 Å². The molecule has 5 aliphatic rings. The number of aromatic nitrogens is 2. The molecule has 388 valence electrons. The molecule has 3 aliphatic heterocycles. The van der Waals surface area contributed by atoms with Gasteiger partial charge in [0.25, 0.3) is 21.6 Å². The van der Waals surface area contributed by atoms with Crippen molar-refractivity contribution >= 4 is 44.0 Å². The molecule has 4 fully saturated rings. The van der Waals surface area contributed by atoms with Crippen molar-refractivity contribution in [1.29, 1.82) is 0 Å². The minimum Gasteiger partial charge on any atom is -0.486 e. The Balaban J connectivity index is 0.790. The van der Waals surface area contributed by atoms with Crippen LogP contribution in [0, 0.1) is 21.4 Å². The number of hydrogen-bond donors (Lipinski definition) is 4. The van der Waals surface area contributed by atoms with Crippen LogP contribution in [0.25, 0.3) is 11.0 Å². The summed E-state index contributed by atoms with van der Waals surface area (Å²) in [6.45, 7) is 13.1. The topological polar surface area (TPSA) is 205 Å². The number of nitrogens with zero attached hydrogens (tertiary/aromatic N) is 5. The number of carbonyl (C=O) groups excluding carboxylic acids is 1. The fourth-order valence-corrected chi connectivity index (χ4v) is 13.0. The van der Waals surface area contributed by atoms with Gasteiger partial charge in [0.1, 0.15) is 36.0 Å². The first-order valence-corrected chi connectivity index (χ1v) is 27.3. The number of sulfonamides is 1. The largest absolute Gasteiger partial charge is 0.486 e. The maximum Gasteiger partial charge on any atom is 0.293 e. The maximum absolute atomic E-state index is 14.1. The van der Waals surface area contributed by atoms with Crippen LogP contribution < -0.4 is 29.1 Å². The number of nitro benzene ring substituents is 1. The summed E-state index contributed by atoms with van der Waals surface area (Å²) in [5, 5.41) is 26.5. The molecule has 1 atom stereocenters. The Morgan fingerprint density at radius 2 is 1.78 bits per heavy atom. The SMILES string of the molecule is CC(C)c1ccccc1C1CN(Cc2cccc3c2OCCO3)CCN1C1CC2(C1)CN(c1ccc(C(=O)NS(=O)(=O)c3ccc(NCC4CCC(C)(O)CC4)c([N+](=O)[O-])c3)c(Oc3cnc4[nH]ccc4c3)c1)C2. The van der Waals surface area contributed by atoms with E-state index in [1.165, 1.54) is 29.5 Å². The molecule has 0 bridgehead atoms. The Hall–Kier alpha value is -6.73. The van der Waals surface area contributed by atoms with Crippen LogP contribution in [-0.2, 0) is 16.6 Å². The van der Waals surface area contributed by atoms with Crippen molar-refractivity contribution in [3.05, 3.63) is 136 Å². The number of para-hydroxylation sites is 1. The number of carbonyl (C=O) groups is 1. The number of amides is 1. The summed E-state index contributed by atoms with van der Waals surface area (Å²) < 4.78 is 48.3. The van der Waals surface area contributed by atoms with Crippen molar-refractivity contribution in [1.82, 2.24) is 24.5 Å². The van der Waals surface area contributed by atoms with Crippen molar-refractivity contribution in [2.75, 3.05) is 62.7 Å².